The average Bonchev–Trinajstić information content (AvgIpc) is 2.37. The SMILES string of the molecule is O=CNC1CC2C(C1)C2(F)F. The molecule has 0 radical (unpaired) electrons. The van der Waals surface area contributed by atoms with Crippen LogP contribution in [0.15, 0.2) is 0 Å². The van der Waals surface area contributed by atoms with Gasteiger partial charge in [0.15, 0.2) is 0 Å². The van der Waals surface area contributed by atoms with E-state index in [0.29, 0.717) is 19.3 Å². The quantitative estimate of drug-likeness (QED) is 0.595. The number of fused-ring (bicyclic) bond motifs is 1. The topological polar surface area (TPSA) is 29.1 Å². The average molecular weight is 161 g/mol. The molecule has 0 aromatic heterocycles. The fourth-order valence-electron chi connectivity index (χ4n) is 2.04. The van der Waals surface area contributed by atoms with Gasteiger partial charge in [-0.15, -0.1) is 0 Å². The molecule has 2 aliphatic rings. The van der Waals surface area contributed by atoms with Crippen LogP contribution in [0.1, 0.15) is 12.8 Å². The van der Waals surface area contributed by atoms with E-state index in [4.69, 9.17) is 0 Å². The van der Waals surface area contributed by atoms with Gasteiger partial charge in [0.05, 0.1) is 0 Å². The molecule has 62 valence electrons. The van der Waals surface area contributed by atoms with E-state index in [1.807, 2.05) is 0 Å². The summed E-state index contributed by atoms with van der Waals surface area (Å²) in [7, 11) is 0. The molecule has 0 spiro atoms. The highest BCUT2D eigenvalue weighted by atomic mass is 19.3. The summed E-state index contributed by atoms with van der Waals surface area (Å²) in [6.07, 6.45) is 1.50. The molecule has 0 aromatic rings. The molecule has 1 amide bonds. The number of carbonyl (C=O) groups excluding carboxylic acids is 1. The van der Waals surface area contributed by atoms with Gasteiger partial charge in [-0.1, -0.05) is 0 Å². The van der Waals surface area contributed by atoms with Crippen molar-refractivity contribution in [2.75, 3.05) is 0 Å². The van der Waals surface area contributed by atoms with E-state index in [2.05, 4.69) is 5.32 Å². The minimum Gasteiger partial charge on any atom is -0.356 e. The van der Waals surface area contributed by atoms with Gasteiger partial charge in [-0.3, -0.25) is 4.79 Å². The van der Waals surface area contributed by atoms with Crippen molar-refractivity contribution in [3.05, 3.63) is 0 Å². The molecule has 2 saturated carbocycles. The molecule has 11 heavy (non-hydrogen) atoms. The van der Waals surface area contributed by atoms with Crippen LogP contribution in [-0.4, -0.2) is 18.4 Å². The smallest absolute Gasteiger partial charge is 0.254 e. The molecule has 2 fully saturated rings. The van der Waals surface area contributed by atoms with Crippen LogP contribution in [0.2, 0.25) is 0 Å². The van der Waals surface area contributed by atoms with Gasteiger partial charge in [-0.25, -0.2) is 8.78 Å². The van der Waals surface area contributed by atoms with Crippen LogP contribution in [0.5, 0.6) is 0 Å². The first-order chi connectivity index (χ1) is 5.16. The van der Waals surface area contributed by atoms with Crippen LogP contribution in [0.3, 0.4) is 0 Å². The number of rotatable bonds is 2. The predicted octanol–water partition coefficient (Wildman–Crippen LogP) is 0.776. The van der Waals surface area contributed by atoms with Gasteiger partial charge < -0.3 is 5.32 Å². The third kappa shape index (κ3) is 0.847. The van der Waals surface area contributed by atoms with Crippen LogP contribution in [-0.2, 0) is 4.79 Å². The lowest BCUT2D eigenvalue weighted by atomic mass is 10.1. The van der Waals surface area contributed by atoms with Crippen LogP contribution in [0.4, 0.5) is 8.78 Å². The van der Waals surface area contributed by atoms with Gasteiger partial charge >= 0.3 is 0 Å². The van der Waals surface area contributed by atoms with Crippen molar-refractivity contribution in [3.8, 4) is 0 Å². The second kappa shape index (κ2) is 1.93. The summed E-state index contributed by atoms with van der Waals surface area (Å²) < 4.78 is 25.1. The molecule has 0 aliphatic heterocycles. The van der Waals surface area contributed by atoms with Crippen molar-refractivity contribution in [2.24, 2.45) is 11.8 Å². The highest BCUT2D eigenvalue weighted by Gasteiger charge is 2.71. The molecule has 2 nitrogen and oxygen atoms in total. The van der Waals surface area contributed by atoms with Gasteiger partial charge in [0, 0.05) is 17.9 Å². The van der Waals surface area contributed by atoms with E-state index in [1.54, 1.807) is 0 Å². The van der Waals surface area contributed by atoms with Crippen molar-refractivity contribution < 1.29 is 13.6 Å². The van der Waals surface area contributed by atoms with Crippen LogP contribution in [0, 0.1) is 11.8 Å². The van der Waals surface area contributed by atoms with Crippen LogP contribution in [0.25, 0.3) is 0 Å². The predicted molar refractivity (Wildman–Crippen MR) is 34.1 cm³/mol. The lowest BCUT2D eigenvalue weighted by molar-refractivity contribution is -0.110. The Labute approximate surface area is 63.0 Å². The van der Waals surface area contributed by atoms with Crippen LogP contribution < -0.4 is 5.32 Å². The van der Waals surface area contributed by atoms with Gasteiger partial charge in [0.2, 0.25) is 6.41 Å². The lowest BCUT2D eigenvalue weighted by Crippen LogP contribution is -2.28. The Bertz CT molecular complexity index is 181. The third-order valence-electron chi connectivity index (χ3n) is 2.75. The first-order valence-electron chi connectivity index (χ1n) is 3.73. The van der Waals surface area contributed by atoms with Crippen molar-refractivity contribution in [2.45, 2.75) is 24.8 Å². The monoisotopic (exact) mass is 161 g/mol. The maximum absolute atomic E-state index is 12.5. The van der Waals surface area contributed by atoms with Gasteiger partial charge in [-0.2, -0.15) is 0 Å². The molecular weight excluding hydrogens is 152 g/mol. The van der Waals surface area contributed by atoms with Gasteiger partial charge in [-0.05, 0) is 12.8 Å². The molecule has 4 heteroatoms. The molecule has 0 bridgehead atoms. The second-order valence-corrected chi connectivity index (χ2v) is 3.34. The van der Waals surface area contributed by atoms with Crippen LogP contribution >= 0.6 is 0 Å². The van der Waals surface area contributed by atoms with E-state index in [1.165, 1.54) is 0 Å². The zero-order valence-corrected chi connectivity index (χ0v) is 5.89. The zero-order valence-electron chi connectivity index (χ0n) is 5.89. The number of halogens is 2. The maximum Gasteiger partial charge on any atom is 0.254 e. The first-order valence-corrected chi connectivity index (χ1v) is 3.73. The highest BCUT2D eigenvalue weighted by Crippen LogP contribution is 2.63. The Hall–Kier alpha value is -0.670. The Morgan fingerprint density at radius 2 is 1.91 bits per heavy atom. The van der Waals surface area contributed by atoms with Crippen molar-refractivity contribution >= 4 is 6.41 Å². The zero-order chi connectivity index (χ0) is 8.06. The number of nitrogens with one attached hydrogen (secondary N) is 1. The second-order valence-electron chi connectivity index (χ2n) is 3.34. The molecule has 2 aliphatic carbocycles. The first kappa shape index (κ1) is 7.00. The van der Waals surface area contributed by atoms with Gasteiger partial charge in [0.25, 0.3) is 5.92 Å². The van der Waals surface area contributed by atoms with E-state index in [-0.39, 0.29) is 6.04 Å². The normalized spacial score (nSPS) is 44.7. The fourth-order valence-corrected chi connectivity index (χ4v) is 2.04. The Balaban J connectivity index is 1.89. The number of hydrogen-bond donors (Lipinski definition) is 1. The highest BCUT2D eigenvalue weighted by molar-refractivity contribution is 5.47. The minimum absolute atomic E-state index is 0.00197. The summed E-state index contributed by atoms with van der Waals surface area (Å²) in [6, 6.07) is 0.00197. The summed E-state index contributed by atoms with van der Waals surface area (Å²) in [6.45, 7) is 0. The largest absolute Gasteiger partial charge is 0.356 e. The molecule has 0 saturated heterocycles. The maximum atomic E-state index is 12.5. The minimum atomic E-state index is -2.42. The summed E-state index contributed by atoms with van der Waals surface area (Å²) in [5.74, 6) is -3.30. The molecule has 1 N–H and O–H groups in total. The molecular formula is C7H9F2NO. The molecule has 0 heterocycles. The van der Waals surface area contributed by atoms with Crippen molar-refractivity contribution in [1.82, 2.24) is 5.32 Å². The van der Waals surface area contributed by atoms with E-state index >= 15 is 0 Å². The fraction of sp³-hybridized carbons (Fsp3) is 0.857. The van der Waals surface area contributed by atoms with Crippen molar-refractivity contribution in [3.63, 3.8) is 0 Å². The molecule has 0 aromatic carbocycles. The summed E-state index contributed by atoms with van der Waals surface area (Å²) in [5, 5.41) is 2.53. The number of carbonyl (C=O) groups is 1. The van der Waals surface area contributed by atoms with Crippen molar-refractivity contribution in [1.29, 1.82) is 0 Å². The number of hydrogen-bond acceptors (Lipinski definition) is 1. The summed E-state index contributed by atoms with van der Waals surface area (Å²) in [4.78, 5) is 9.95. The van der Waals surface area contributed by atoms with E-state index in [0.717, 1.165) is 0 Å². The van der Waals surface area contributed by atoms with Gasteiger partial charge in [0.1, 0.15) is 0 Å². The Morgan fingerprint density at radius 3 is 2.36 bits per heavy atom. The lowest BCUT2D eigenvalue weighted by Gasteiger charge is -2.11. The standard InChI is InChI=1S/C7H9F2NO/c8-7(9)5-1-4(10-3-11)2-6(5)7/h3-6H,1-2H2,(H,10,11). The molecule has 2 rings (SSSR count). The number of alkyl halides is 2. The Morgan fingerprint density at radius 1 is 1.36 bits per heavy atom. The third-order valence-corrected chi connectivity index (χ3v) is 2.75. The van der Waals surface area contributed by atoms with E-state index < -0.39 is 17.8 Å². The number of amides is 1. The Kier molecular flexibility index (Phi) is 1.23. The molecule has 2 atom stereocenters. The van der Waals surface area contributed by atoms with E-state index in [9.17, 15) is 13.6 Å². The summed E-state index contributed by atoms with van der Waals surface area (Å²) >= 11 is 0. The summed E-state index contributed by atoms with van der Waals surface area (Å²) in [5.41, 5.74) is 0. The molecule has 2 unspecified atom stereocenters.